The highest BCUT2D eigenvalue weighted by atomic mass is 35.5. The Bertz CT molecular complexity index is 728. The van der Waals surface area contributed by atoms with Crippen LogP contribution in [0.4, 0.5) is 0 Å². The van der Waals surface area contributed by atoms with E-state index in [2.05, 4.69) is 0 Å². The second-order valence-corrected chi connectivity index (χ2v) is 11.6. The maximum atomic E-state index is 12.5. The summed E-state index contributed by atoms with van der Waals surface area (Å²) in [4.78, 5) is 12.5. The Hall–Kier alpha value is -0.580. The lowest BCUT2D eigenvalue weighted by Crippen LogP contribution is -2.35. The summed E-state index contributed by atoms with van der Waals surface area (Å²) in [6.45, 7) is 5.23. The highest BCUT2D eigenvalue weighted by Gasteiger charge is 2.34. The molecular formula is C19H26Cl2O3S. The van der Waals surface area contributed by atoms with Crippen LogP contribution >= 0.6 is 23.2 Å². The van der Waals surface area contributed by atoms with Crippen LogP contribution in [0.2, 0.25) is 10.0 Å². The van der Waals surface area contributed by atoms with E-state index in [1.165, 1.54) is 0 Å². The van der Waals surface area contributed by atoms with Gasteiger partial charge in [-0.05, 0) is 70.1 Å². The molecule has 3 nitrogen and oxygen atoms in total. The third-order valence-electron chi connectivity index (χ3n) is 5.05. The van der Waals surface area contributed by atoms with E-state index in [9.17, 15) is 13.2 Å². The van der Waals surface area contributed by atoms with Gasteiger partial charge < -0.3 is 0 Å². The summed E-state index contributed by atoms with van der Waals surface area (Å²) < 4.78 is 24.0. The fourth-order valence-corrected chi connectivity index (χ4v) is 4.98. The lowest BCUT2D eigenvalue weighted by molar-refractivity contribution is -0.123. The van der Waals surface area contributed by atoms with Crippen LogP contribution in [-0.2, 0) is 21.1 Å². The molecule has 0 atom stereocenters. The summed E-state index contributed by atoms with van der Waals surface area (Å²) in [5.74, 6) is 0.612. The highest BCUT2D eigenvalue weighted by molar-refractivity contribution is 7.92. The molecule has 1 aromatic carbocycles. The standard InChI is InChI=1S/C19H26Cl2O3S/c1-19(2,3)25(23,24)12-13-4-7-15(8-5-13)18(22)11-14-6-9-16(20)17(21)10-14/h6,9-10,13,15H,4-5,7-8,11-12H2,1-3H3. The van der Waals surface area contributed by atoms with Gasteiger partial charge in [0.15, 0.2) is 9.84 Å². The van der Waals surface area contributed by atoms with E-state index < -0.39 is 14.6 Å². The van der Waals surface area contributed by atoms with Crippen LogP contribution in [0.3, 0.4) is 0 Å². The number of benzene rings is 1. The van der Waals surface area contributed by atoms with Crippen LogP contribution in [0.25, 0.3) is 0 Å². The number of hydrogen-bond donors (Lipinski definition) is 0. The Morgan fingerprint density at radius 3 is 2.20 bits per heavy atom. The van der Waals surface area contributed by atoms with Crippen molar-refractivity contribution in [3.8, 4) is 0 Å². The molecule has 25 heavy (non-hydrogen) atoms. The minimum Gasteiger partial charge on any atom is -0.299 e. The van der Waals surface area contributed by atoms with Gasteiger partial charge in [0.05, 0.1) is 20.5 Å². The second kappa shape index (κ2) is 7.98. The summed E-state index contributed by atoms with van der Waals surface area (Å²) >= 11 is 11.9. The third-order valence-corrected chi connectivity index (χ3v) is 8.57. The number of carbonyl (C=O) groups excluding carboxylic acids is 1. The van der Waals surface area contributed by atoms with Crippen molar-refractivity contribution in [2.45, 2.75) is 57.6 Å². The Morgan fingerprint density at radius 1 is 1.08 bits per heavy atom. The van der Waals surface area contributed by atoms with Crippen molar-refractivity contribution < 1.29 is 13.2 Å². The van der Waals surface area contributed by atoms with E-state index in [1.807, 2.05) is 6.07 Å². The molecule has 0 spiro atoms. The molecule has 0 aliphatic heterocycles. The van der Waals surface area contributed by atoms with Crippen LogP contribution in [-0.4, -0.2) is 24.7 Å². The second-order valence-electron chi connectivity index (χ2n) is 8.00. The van der Waals surface area contributed by atoms with Gasteiger partial charge in [-0.25, -0.2) is 8.42 Å². The molecule has 6 heteroatoms. The van der Waals surface area contributed by atoms with Gasteiger partial charge in [-0.3, -0.25) is 4.79 Å². The molecule has 1 aromatic rings. The smallest absolute Gasteiger partial charge is 0.155 e. The summed E-state index contributed by atoms with van der Waals surface area (Å²) in [5, 5.41) is 0.946. The van der Waals surface area contributed by atoms with Crippen molar-refractivity contribution in [1.29, 1.82) is 0 Å². The largest absolute Gasteiger partial charge is 0.299 e. The molecule has 0 unspecified atom stereocenters. The summed E-state index contributed by atoms with van der Waals surface area (Å²) in [6.07, 6.45) is 3.49. The van der Waals surface area contributed by atoms with Gasteiger partial charge in [-0.15, -0.1) is 0 Å². The Morgan fingerprint density at radius 2 is 1.68 bits per heavy atom. The molecule has 0 bridgehead atoms. The first kappa shape index (κ1) is 20.7. The SMILES string of the molecule is CC(C)(C)S(=O)(=O)CC1CCC(C(=O)Cc2ccc(Cl)c(Cl)c2)CC1. The fraction of sp³-hybridized carbons (Fsp3) is 0.632. The van der Waals surface area contributed by atoms with Crippen molar-refractivity contribution >= 4 is 38.8 Å². The molecule has 1 fully saturated rings. The van der Waals surface area contributed by atoms with Crippen molar-refractivity contribution in [3.63, 3.8) is 0 Å². The monoisotopic (exact) mass is 404 g/mol. The van der Waals surface area contributed by atoms with E-state index in [0.29, 0.717) is 16.5 Å². The zero-order valence-electron chi connectivity index (χ0n) is 15.0. The molecule has 0 amide bonds. The lowest BCUT2D eigenvalue weighted by atomic mass is 9.79. The van der Waals surface area contributed by atoms with Gasteiger partial charge in [0.25, 0.3) is 0 Å². The zero-order chi connectivity index (χ0) is 18.8. The van der Waals surface area contributed by atoms with Crippen LogP contribution in [0, 0.1) is 11.8 Å². The topological polar surface area (TPSA) is 51.2 Å². The van der Waals surface area contributed by atoms with E-state index >= 15 is 0 Å². The first-order chi connectivity index (χ1) is 11.5. The molecule has 1 aliphatic rings. The van der Waals surface area contributed by atoms with E-state index in [1.54, 1.807) is 32.9 Å². The molecule has 1 saturated carbocycles. The Labute approximate surface area is 161 Å². The molecule has 0 heterocycles. The minimum atomic E-state index is -3.10. The summed E-state index contributed by atoms with van der Waals surface area (Å²) in [7, 11) is -3.10. The van der Waals surface area contributed by atoms with Gasteiger partial charge in [-0.1, -0.05) is 29.3 Å². The maximum absolute atomic E-state index is 12.5. The lowest BCUT2D eigenvalue weighted by Gasteiger charge is -2.30. The van der Waals surface area contributed by atoms with Crippen LogP contribution < -0.4 is 0 Å². The number of Topliss-reactive ketones (excluding diaryl/α,β-unsaturated/α-hetero) is 1. The molecule has 0 N–H and O–H groups in total. The van der Waals surface area contributed by atoms with Crippen LogP contribution in [0.1, 0.15) is 52.0 Å². The third kappa shape index (κ3) is 5.45. The highest BCUT2D eigenvalue weighted by Crippen LogP contribution is 2.33. The Kier molecular flexibility index (Phi) is 6.61. The number of halogens is 2. The van der Waals surface area contributed by atoms with Crippen LogP contribution in [0.15, 0.2) is 18.2 Å². The molecule has 2 rings (SSSR count). The number of ketones is 1. The number of sulfone groups is 1. The maximum Gasteiger partial charge on any atom is 0.155 e. The van der Waals surface area contributed by atoms with Gasteiger partial charge in [0, 0.05) is 12.3 Å². The van der Waals surface area contributed by atoms with E-state index in [0.717, 1.165) is 31.2 Å². The molecule has 0 radical (unpaired) electrons. The first-order valence-corrected chi connectivity index (χ1v) is 11.1. The average Bonchev–Trinajstić information content (AvgIpc) is 2.50. The number of carbonyl (C=O) groups is 1. The predicted octanol–water partition coefficient (Wildman–Crippen LogP) is 5.12. The normalized spacial score (nSPS) is 22.0. The van der Waals surface area contributed by atoms with Gasteiger partial charge in [0.1, 0.15) is 5.78 Å². The van der Waals surface area contributed by atoms with Crippen molar-refractivity contribution in [2.24, 2.45) is 11.8 Å². The fourth-order valence-electron chi connectivity index (χ4n) is 3.21. The van der Waals surface area contributed by atoms with E-state index in [4.69, 9.17) is 23.2 Å². The summed E-state index contributed by atoms with van der Waals surface area (Å²) in [6, 6.07) is 5.28. The molecule has 0 saturated heterocycles. The van der Waals surface area contributed by atoms with Gasteiger partial charge in [-0.2, -0.15) is 0 Å². The average molecular weight is 405 g/mol. The van der Waals surface area contributed by atoms with Crippen molar-refractivity contribution in [1.82, 2.24) is 0 Å². The van der Waals surface area contributed by atoms with Crippen molar-refractivity contribution in [2.75, 3.05) is 5.75 Å². The first-order valence-electron chi connectivity index (χ1n) is 8.68. The molecule has 0 aromatic heterocycles. The predicted molar refractivity (Wildman–Crippen MR) is 104 cm³/mol. The molecular weight excluding hydrogens is 379 g/mol. The zero-order valence-corrected chi connectivity index (χ0v) is 17.3. The van der Waals surface area contributed by atoms with Crippen LogP contribution in [0.5, 0.6) is 0 Å². The van der Waals surface area contributed by atoms with Gasteiger partial charge >= 0.3 is 0 Å². The van der Waals surface area contributed by atoms with E-state index in [-0.39, 0.29) is 23.4 Å². The Balaban J connectivity index is 1.89. The molecule has 1 aliphatic carbocycles. The quantitative estimate of drug-likeness (QED) is 0.683. The summed E-state index contributed by atoms with van der Waals surface area (Å²) in [5.41, 5.74) is 0.872. The minimum absolute atomic E-state index is 0.0167. The number of rotatable bonds is 5. The number of hydrogen-bond acceptors (Lipinski definition) is 3. The van der Waals surface area contributed by atoms with Crippen molar-refractivity contribution in [3.05, 3.63) is 33.8 Å². The van der Waals surface area contributed by atoms with Gasteiger partial charge in [0.2, 0.25) is 0 Å². The molecule has 140 valence electrons.